The van der Waals surface area contributed by atoms with Crippen LogP contribution in [0.4, 0.5) is 0 Å². The largest absolute Gasteiger partial charge is 0.466 e. The van der Waals surface area contributed by atoms with Crippen molar-refractivity contribution in [1.82, 2.24) is 24.3 Å². The second-order valence-corrected chi connectivity index (χ2v) is 17.1. The zero-order valence-corrected chi connectivity index (χ0v) is 25.6. The number of carbonyl (C=O) groups excluding carboxylic acids is 1. The molecule has 0 radical (unpaired) electrons. The number of nitrogens with zero attached hydrogens (tertiary/aromatic N) is 5. The van der Waals surface area contributed by atoms with Gasteiger partial charge >= 0.3 is 5.97 Å². The second kappa shape index (κ2) is 12.4. The molecule has 0 saturated heterocycles. The molecule has 9 heteroatoms. The number of imidazole rings is 1. The Morgan fingerprint density at radius 2 is 1.73 bits per heavy atom. The monoisotopic (exact) mass is 569 g/mol. The minimum atomic E-state index is -1.23. The topological polar surface area (TPSA) is 84.1 Å². The zero-order chi connectivity index (χ0) is 29.0. The van der Waals surface area contributed by atoms with Crippen LogP contribution in [-0.4, -0.2) is 51.6 Å². The van der Waals surface area contributed by atoms with Gasteiger partial charge in [0.2, 0.25) is 0 Å². The average molecular weight is 570 g/mol. The van der Waals surface area contributed by atoms with Crippen molar-refractivity contribution in [1.29, 1.82) is 0 Å². The molecule has 0 N–H and O–H groups in total. The number of pyridine rings is 1. The van der Waals surface area contributed by atoms with E-state index in [9.17, 15) is 4.79 Å². The fourth-order valence-corrected chi connectivity index (χ4v) is 5.85. The highest BCUT2D eigenvalue weighted by molar-refractivity contribution is 6.76. The highest BCUT2D eigenvalue weighted by Crippen LogP contribution is 2.33. The molecule has 2 aromatic carbocycles. The molecule has 3 heterocycles. The number of hydrogen-bond acceptors (Lipinski definition) is 6. The predicted molar refractivity (Wildman–Crippen MR) is 166 cm³/mol. The van der Waals surface area contributed by atoms with Crippen LogP contribution in [0.1, 0.15) is 37.6 Å². The molecule has 0 aliphatic heterocycles. The maximum absolute atomic E-state index is 12.9. The van der Waals surface area contributed by atoms with E-state index in [1.165, 1.54) is 0 Å². The van der Waals surface area contributed by atoms with Gasteiger partial charge in [0.15, 0.2) is 0 Å². The first kappa shape index (κ1) is 28.7. The normalized spacial score (nSPS) is 12.7. The smallest absolute Gasteiger partial charge is 0.306 e. The highest BCUT2D eigenvalue weighted by atomic mass is 28.3. The van der Waals surface area contributed by atoms with Gasteiger partial charge in [0.05, 0.1) is 35.5 Å². The maximum atomic E-state index is 12.9. The Morgan fingerprint density at radius 3 is 2.46 bits per heavy atom. The van der Waals surface area contributed by atoms with E-state index in [-0.39, 0.29) is 18.3 Å². The summed E-state index contributed by atoms with van der Waals surface area (Å²) in [6, 6.07) is 21.4. The Hall–Kier alpha value is -3.82. The Kier molecular flexibility index (Phi) is 8.65. The Balaban J connectivity index is 1.53. The summed E-state index contributed by atoms with van der Waals surface area (Å²) in [5.41, 5.74) is 6.56. The first-order valence-electron chi connectivity index (χ1n) is 14.4. The van der Waals surface area contributed by atoms with Gasteiger partial charge in [-0.1, -0.05) is 56.0 Å². The van der Waals surface area contributed by atoms with Gasteiger partial charge in [0, 0.05) is 33.0 Å². The van der Waals surface area contributed by atoms with E-state index in [1.54, 1.807) is 6.20 Å². The lowest BCUT2D eigenvalue weighted by molar-refractivity contribution is -0.143. The van der Waals surface area contributed by atoms with Gasteiger partial charge in [-0.05, 0) is 49.7 Å². The SMILES string of the molecule is CCOC(=O)CC(c1ccc(-c2nn(CC)c3cccnc23)cc1)c1nc2ccccc2n1COCC[Si](C)(C)C. The van der Waals surface area contributed by atoms with Crippen molar-refractivity contribution < 1.29 is 14.3 Å². The third kappa shape index (κ3) is 6.41. The van der Waals surface area contributed by atoms with Gasteiger partial charge < -0.3 is 14.0 Å². The zero-order valence-electron chi connectivity index (χ0n) is 24.6. The molecule has 0 amide bonds. The van der Waals surface area contributed by atoms with Crippen LogP contribution < -0.4 is 0 Å². The molecule has 214 valence electrons. The summed E-state index contributed by atoms with van der Waals surface area (Å²) >= 11 is 0. The van der Waals surface area contributed by atoms with Crippen molar-refractivity contribution in [3.05, 3.63) is 78.2 Å². The predicted octanol–water partition coefficient (Wildman–Crippen LogP) is 6.87. The number of esters is 1. The summed E-state index contributed by atoms with van der Waals surface area (Å²) in [6.07, 6.45) is 1.98. The van der Waals surface area contributed by atoms with Crippen molar-refractivity contribution in [3.8, 4) is 11.3 Å². The van der Waals surface area contributed by atoms with Gasteiger partial charge in [0.25, 0.3) is 0 Å². The van der Waals surface area contributed by atoms with Crippen molar-refractivity contribution in [2.24, 2.45) is 0 Å². The number of benzene rings is 2. The average Bonchev–Trinajstić information content (AvgIpc) is 3.52. The van der Waals surface area contributed by atoms with E-state index in [0.29, 0.717) is 19.9 Å². The number of rotatable bonds is 12. The van der Waals surface area contributed by atoms with Crippen molar-refractivity contribution in [2.45, 2.75) is 65.1 Å². The fourth-order valence-electron chi connectivity index (χ4n) is 5.09. The van der Waals surface area contributed by atoms with E-state index in [0.717, 1.165) is 57.3 Å². The molecule has 0 bridgehead atoms. The van der Waals surface area contributed by atoms with Crippen molar-refractivity contribution >= 4 is 36.1 Å². The van der Waals surface area contributed by atoms with Crippen LogP contribution in [0.3, 0.4) is 0 Å². The number of aryl methyl sites for hydroxylation is 1. The lowest BCUT2D eigenvalue weighted by Crippen LogP contribution is -2.22. The highest BCUT2D eigenvalue weighted by Gasteiger charge is 2.26. The lowest BCUT2D eigenvalue weighted by Gasteiger charge is -2.20. The van der Waals surface area contributed by atoms with Crippen molar-refractivity contribution in [3.63, 3.8) is 0 Å². The minimum absolute atomic E-state index is 0.181. The molecule has 1 unspecified atom stereocenters. The van der Waals surface area contributed by atoms with Gasteiger partial charge in [-0.15, -0.1) is 0 Å². The quantitative estimate of drug-likeness (QED) is 0.0927. The number of aromatic nitrogens is 5. The van der Waals surface area contributed by atoms with E-state index < -0.39 is 8.07 Å². The molecular weight excluding hydrogens is 530 g/mol. The standard InChI is InChI=1S/C32H39N5O3Si/c1-6-37-28-13-10-18-33-31(28)30(35-37)24-16-14-23(15-17-24)25(21-29(38)40-7-2)32-34-26-11-8-9-12-27(26)36(32)22-39-19-20-41(3,4)5/h8-18,25H,6-7,19-22H2,1-5H3. The molecule has 5 rings (SSSR count). The number of fused-ring (bicyclic) bond motifs is 2. The van der Waals surface area contributed by atoms with E-state index in [2.05, 4.69) is 66.4 Å². The third-order valence-corrected chi connectivity index (χ3v) is 8.99. The summed E-state index contributed by atoms with van der Waals surface area (Å²) in [6.45, 7) is 13.1. The van der Waals surface area contributed by atoms with Gasteiger partial charge in [-0.3, -0.25) is 14.5 Å². The van der Waals surface area contributed by atoms with Crippen LogP contribution in [0, 0.1) is 0 Å². The molecule has 0 saturated carbocycles. The molecule has 3 aromatic heterocycles. The Morgan fingerprint density at radius 1 is 0.976 bits per heavy atom. The molecule has 1 atom stereocenters. The third-order valence-electron chi connectivity index (χ3n) is 7.28. The summed E-state index contributed by atoms with van der Waals surface area (Å²) in [5.74, 6) is 0.234. The second-order valence-electron chi connectivity index (χ2n) is 11.5. The Bertz CT molecular complexity index is 1640. The first-order chi connectivity index (χ1) is 19.8. The summed E-state index contributed by atoms with van der Waals surface area (Å²) < 4.78 is 15.7. The fraction of sp³-hybridized carbons (Fsp3) is 0.375. The summed E-state index contributed by atoms with van der Waals surface area (Å²) in [4.78, 5) is 22.5. The van der Waals surface area contributed by atoms with Gasteiger partial charge in [-0.25, -0.2) is 4.98 Å². The maximum Gasteiger partial charge on any atom is 0.306 e. The van der Waals surface area contributed by atoms with E-state index in [4.69, 9.17) is 19.6 Å². The number of hydrogen-bond donors (Lipinski definition) is 0. The molecule has 0 spiro atoms. The van der Waals surface area contributed by atoms with Crippen LogP contribution in [0.2, 0.25) is 25.7 Å². The first-order valence-corrected chi connectivity index (χ1v) is 18.1. The number of para-hydroxylation sites is 2. The number of carbonyl (C=O) groups is 1. The van der Waals surface area contributed by atoms with Gasteiger partial charge in [0.1, 0.15) is 23.8 Å². The molecule has 0 fully saturated rings. The minimum Gasteiger partial charge on any atom is -0.466 e. The molecular formula is C32H39N5O3Si. The van der Waals surface area contributed by atoms with E-state index >= 15 is 0 Å². The number of ether oxygens (including phenoxy) is 2. The molecule has 0 aliphatic carbocycles. The lowest BCUT2D eigenvalue weighted by atomic mass is 9.93. The Labute approximate surface area is 242 Å². The molecule has 0 aliphatic rings. The van der Waals surface area contributed by atoms with Crippen LogP contribution >= 0.6 is 0 Å². The molecule has 41 heavy (non-hydrogen) atoms. The van der Waals surface area contributed by atoms with Crippen LogP contribution in [0.15, 0.2) is 66.9 Å². The van der Waals surface area contributed by atoms with Crippen LogP contribution in [0.5, 0.6) is 0 Å². The van der Waals surface area contributed by atoms with Crippen LogP contribution in [0.25, 0.3) is 33.3 Å². The van der Waals surface area contributed by atoms with Crippen LogP contribution in [-0.2, 0) is 27.5 Å². The van der Waals surface area contributed by atoms with Gasteiger partial charge in [-0.2, -0.15) is 5.10 Å². The molecule has 8 nitrogen and oxygen atoms in total. The summed E-state index contributed by atoms with van der Waals surface area (Å²) in [5, 5.41) is 4.84. The van der Waals surface area contributed by atoms with E-state index in [1.807, 2.05) is 41.9 Å². The molecule has 5 aromatic rings. The summed E-state index contributed by atoms with van der Waals surface area (Å²) in [7, 11) is -1.23. The van der Waals surface area contributed by atoms with Crippen molar-refractivity contribution in [2.75, 3.05) is 13.2 Å².